The number of rotatable bonds is 3. The van der Waals surface area contributed by atoms with E-state index in [1.54, 1.807) is 18.2 Å². The van der Waals surface area contributed by atoms with E-state index in [2.05, 4.69) is 21.2 Å². The van der Waals surface area contributed by atoms with Crippen LogP contribution in [0.1, 0.15) is 5.56 Å². The lowest BCUT2D eigenvalue weighted by Crippen LogP contribution is -2.15. The molecule has 0 bridgehead atoms. The lowest BCUT2D eigenvalue weighted by molar-refractivity contribution is -0.115. The lowest BCUT2D eigenvalue weighted by atomic mass is 10.1. The van der Waals surface area contributed by atoms with E-state index in [4.69, 9.17) is 11.6 Å². The van der Waals surface area contributed by atoms with Crippen LogP contribution >= 0.6 is 27.5 Å². The Morgan fingerprint density at radius 2 is 1.95 bits per heavy atom. The molecule has 0 saturated heterocycles. The van der Waals surface area contributed by atoms with E-state index in [1.165, 1.54) is 6.07 Å². The largest absolute Gasteiger partial charge is 0.325 e. The molecule has 104 valence electrons. The van der Waals surface area contributed by atoms with Gasteiger partial charge in [0.1, 0.15) is 11.6 Å². The zero-order chi connectivity index (χ0) is 14.7. The number of hydrogen-bond acceptors (Lipinski definition) is 1. The number of halogens is 4. The van der Waals surface area contributed by atoms with Crippen molar-refractivity contribution in [2.75, 3.05) is 5.32 Å². The highest BCUT2D eigenvalue weighted by Crippen LogP contribution is 2.26. The second-order valence-electron chi connectivity index (χ2n) is 4.08. The Bertz CT molecular complexity index is 664. The fourth-order valence-corrected chi connectivity index (χ4v) is 2.14. The Morgan fingerprint density at radius 1 is 1.20 bits per heavy atom. The van der Waals surface area contributed by atoms with Crippen LogP contribution in [0.3, 0.4) is 0 Å². The minimum atomic E-state index is -0.745. The maximum absolute atomic E-state index is 13.4. The molecule has 2 nitrogen and oxygen atoms in total. The van der Waals surface area contributed by atoms with Crippen molar-refractivity contribution in [3.63, 3.8) is 0 Å². The maximum Gasteiger partial charge on any atom is 0.228 e. The van der Waals surface area contributed by atoms with Crippen molar-refractivity contribution in [1.82, 2.24) is 0 Å². The molecule has 20 heavy (non-hydrogen) atoms. The molecule has 0 unspecified atom stereocenters. The van der Waals surface area contributed by atoms with Gasteiger partial charge < -0.3 is 5.32 Å². The SMILES string of the molecule is O=C(Cc1ccc(F)cc1F)Nc1cc(Cl)ccc1Br. The van der Waals surface area contributed by atoms with Crippen LogP contribution in [0.25, 0.3) is 0 Å². The summed E-state index contributed by atoms with van der Waals surface area (Å²) in [5, 5.41) is 3.08. The Hall–Kier alpha value is -1.46. The van der Waals surface area contributed by atoms with Crippen molar-refractivity contribution < 1.29 is 13.6 Å². The molecule has 1 N–H and O–H groups in total. The minimum Gasteiger partial charge on any atom is -0.325 e. The molecule has 0 atom stereocenters. The van der Waals surface area contributed by atoms with E-state index in [0.29, 0.717) is 15.2 Å². The molecule has 0 heterocycles. The highest BCUT2D eigenvalue weighted by atomic mass is 79.9. The van der Waals surface area contributed by atoms with Crippen molar-refractivity contribution in [3.8, 4) is 0 Å². The fraction of sp³-hybridized carbons (Fsp3) is 0.0714. The van der Waals surface area contributed by atoms with Gasteiger partial charge in [-0.15, -0.1) is 0 Å². The van der Waals surface area contributed by atoms with Gasteiger partial charge in [0.2, 0.25) is 5.91 Å². The molecule has 0 aliphatic rings. The molecule has 0 radical (unpaired) electrons. The average molecular weight is 361 g/mol. The summed E-state index contributed by atoms with van der Waals surface area (Å²) in [5.74, 6) is -1.84. The number of benzene rings is 2. The maximum atomic E-state index is 13.4. The van der Waals surface area contributed by atoms with Crippen molar-refractivity contribution in [1.29, 1.82) is 0 Å². The molecule has 0 aliphatic carbocycles. The second-order valence-corrected chi connectivity index (χ2v) is 5.38. The first-order valence-corrected chi connectivity index (χ1v) is 6.81. The molecule has 0 fully saturated rings. The molecule has 2 rings (SSSR count). The van der Waals surface area contributed by atoms with Crippen molar-refractivity contribution in [3.05, 3.63) is 63.1 Å². The quantitative estimate of drug-likeness (QED) is 0.854. The minimum absolute atomic E-state index is 0.127. The molecule has 1 amide bonds. The van der Waals surface area contributed by atoms with E-state index in [0.717, 1.165) is 12.1 Å². The van der Waals surface area contributed by atoms with Crippen LogP contribution in [0.4, 0.5) is 14.5 Å². The summed E-state index contributed by atoms with van der Waals surface area (Å²) in [6.45, 7) is 0. The standard InChI is InChI=1S/C14H9BrClF2NO/c15-11-4-2-9(16)6-13(11)19-14(20)5-8-1-3-10(17)7-12(8)18/h1-4,6-7H,5H2,(H,19,20). The summed E-state index contributed by atoms with van der Waals surface area (Å²) in [6, 6.07) is 8.04. The first-order chi connectivity index (χ1) is 9.45. The van der Waals surface area contributed by atoms with E-state index in [-0.39, 0.29) is 12.0 Å². The van der Waals surface area contributed by atoms with Crippen LogP contribution in [0.5, 0.6) is 0 Å². The third-order valence-corrected chi connectivity index (χ3v) is 3.50. The summed E-state index contributed by atoms with van der Waals surface area (Å²) in [4.78, 5) is 11.8. The summed E-state index contributed by atoms with van der Waals surface area (Å²) in [6.07, 6.45) is -0.189. The summed E-state index contributed by atoms with van der Waals surface area (Å²) in [5.41, 5.74) is 0.618. The zero-order valence-electron chi connectivity index (χ0n) is 10.1. The van der Waals surface area contributed by atoms with Gasteiger partial charge in [-0.3, -0.25) is 4.79 Å². The number of hydrogen-bond donors (Lipinski definition) is 1. The Kier molecular flexibility index (Phi) is 4.73. The summed E-state index contributed by atoms with van der Waals surface area (Å²) >= 11 is 9.10. The van der Waals surface area contributed by atoms with Crippen LogP contribution in [-0.2, 0) is 11.2 Å². The monoisotopic (exact) mass is 359 g/mol. The van der Waals surface area contributed by atoms with E-state index >= 15 is 0 Å². The molecule has 2 aromatic rings. The van der Waals surface area contributed by atoms with Gasteiger partial charge in [0, 0.05) is 15.6 Å². The first-order valence-electron chi connectivity index (χ1n) is 5.64. The van der Waals surface area contributed by atoms with Gasteiger partial charge >= 0.3 is 0 Å². The molecule has 0 aromatic heterocycles. The van der Waals surface area contributed by atoms with Crippen LogP contribution in [-0.4, -0.2) is 5.91 Å². The molecular formula is C14H9BrClF2NO. The molecule has 0 saturated carbocycles. The number of amides is 1. The smallest absolute Gasteiger partial charge is 0.228 e. The third-order valence-electron chi connectivity index (χ3n) is 2.57. The van der Waals surface area contributed by atoms with Crippen molar-refractivity contribution in [2.45, 2.75) is 6.42 Å². The number of carbonyl (C=O) groups excluding carboxylic acids is 1. The predicted molar refractivity (Wildman–Crippen MR) is 77.8 cm³/mol. The van der Waals surface area contributed by atoms with Gasteiger partial charge in [0.25, 0.3) is 0 Å². The van der Waals surface area contributed by atoms with Crippen molar-refractivity contribution in [2.24, 2.45) is 0 Å². The molecule has 0 spiro atoms. The predicted octanol–water partition coefficient (Wildman–Crippen LogP) is 4.56. The number of nitrogens with one attached hydrogen (secondary N) is 1. The fourth-order valence-electron chi connectivity index (χ4n) is 1.63. The summed E-state index contributed by atoms with van der Waals surface area (Å²) in [7, 11) is 0. The van der Waals surface area contributed by atoms with Crippen LogP contribution in [0.2, 0.25) is 5.02 Å². The van der Waals surface area contributed by atoms with Crippen LogP contribution in [0.15, 0.2) is 40.9 Å². The van der Waals surface area contributed by atoms with Crippen LogP contribution < -0.4 is 5.32 Å². The van der Waals surface area contributed by atoms with Gasteiger partial charge in [-0.2, -0.15) is 0 Å². The number of anilines is 1. The second kappa shape index (κ2) is 6.33. The van der Waals surface area contributed by atoms with Gasteiger partial charge in [-0.05, 0) is 45.8 Å². The highest BCUT2D eigenvalue weighted by Gasteiger charge is 2.11. The Balaban J connectivity index is 2.11. The van der Waals surface area contributed by atoms with Crippen molar-refractivity contribution >= 4 is 39.1 Å². The topological polar surface area (TPSA) is 29.1 Å². The van der Waals surface area contributed by atoms with Crippen LogP contribution in [0, 0.1) is 11.6 Å². The lowest BCUT2D eigenvalue weighted by Gasteiger charge is -2.08. The van der Waals surface area contributed by atoms with E-state index in [9.17, 15) is 13.6 Å². The van der Waals surface area contributed by atoms with Gasteiger partial charge in [0.15, 0.2) is 0 Å². The number of carbonyl (C=O) groups is 1. The third kappa shape index (κ3) is 3.77. The van der Waals surface area contributed by atoms with E-state index in [1.807, 2.05) is 0 Å². The van der Waals surface area contributed by atoms with Gasteiger partial charge in [-0.1, -0.05) is 17.7 Å². The molecule has 6 heteroatoms. The molecule has 2 aromatic carbocycles. The average Bonchev–Trinajstić information content (AvgIpc) is 2.37. The van der Waals surface area contributed by atoms with E-state index < -0.39 is 17.5 Å². The normalized spacial score (nSPS) is 10.4. The molecular weight excluding hydrogens is 352 g/mol. The Morgan fingerprint density at radius 3 is 2.65 bits per heavy atom. The van der Waals surface area contributed by atoms with Gasteiger partial charge in [-0.25, -0.2) is 8.78 Å². The zero-order valence-corrected chi connectivity index (χ0v) is 12.4. The highest BCUT2D eigenvalue weighted by molar-refractivity contribution is 9.10. The van der Waals surface area contributed by atoms with Gasteiger partial charge in [0.05, 0.1) is 12.1 Å². The Labute approximate surface area is 127 Å². The summed E-state index contributed by atoms with van der Waals surface area (Å²) < 4.78 is 26.9. The molecule has 0 aliphatic heterocycles. The first kappa shape index (κ1) is 14.9.